The fraction of sp³-hybridized carbons (Fsp3) is 0. The largest absolute Gasteiger partial charge is 0.489 e. The van der Waals surface area contributed by atoms with E-state index >= 15 is 0 Å². The molecular weight excluding hydrogens is 1120 g/mol. The molecule has 0 radical (unpaired) electrons. The number of halogens is 1. The quantitative estimate of drug-likeness (QED) is 0.136. The SMILES string of the molecule is Brc1ccc2c(c1)oc1c3ccccc3ccc21.OB(O)c1c2ccccc2c(-c2ccc3ccccc3c2)c2ccccc12.c1ccc2cc(-c3c4ccccc4c(-c4ccc5c(c4)oc4c6ccccc6ccc54)c4ccccc34)ccc2c1. The molecular formula is C80H50BBrO4. The van der Waals surface area contributed by atoms with E-state index in [2.05, 4.69) is 234 Å². The van der Waals surface area contributed by atoms with Crippen molar-refractivity contribution in [3.8, 4) is 33.4 Å². The van der Waals surface area contributed by atoms with E-state index in [-0.39, 0.29) is 0 Å². The molecule has 2 aromatic heterocycles. The molecule has 18 aromatic rings. The third-order valence-electron chi connectivity index (χ3n) is 17.2. The van der Waals surface area contributed by atoms with E-state index in [1.54, 1.807) is 0 Å². The van der Waals surface area contributed by atoms with Gasteiger partial charge in [0.15, 0.2) is 0 Å². The third-order valence-corrected chi connectivity index (χ3v) is 17.7. The summed E-state index contributed by atoms with van der Waals surface area (Å²) in [4.78, 5) is 0. The van der Waals surface area contributed by atoms with E-state index in [9.17, 15) is 10.0 Å². The first kappa shape index (κ1) is 51.3. The van der Waals surface area contributed by atoms with Crippen LogP contribution in [0.15, 0.2) is 304 Å². The number of furan rings is 2. The minimum atomic E-state index is -1.52. The van der Waals surface area contributed by atoms with Gasteiger partial charge in [-0.15, -0.1) is 0 Å². The minimum Gasteiger partial charge on any atom is -0.455 e. The topological polar surface area (TPSA) is 66.7 Å². The molecule has 0 aliphatic rings. The predicted molar refractivity (Wildman–Crippen MR) is 368 cm³/mol. The fourth-order valence-electron chi connectivity index (χ4n) is 13.3. The maximum Gasteiger partial charge on any atom is 0.489 e. The Morgan fingerprint density at radius 1 is 0.244 bits per heavy atom. The summed E-state index contributed by atoms with van der Waals surface area (Å²) in [5.41, 5.74) is 11.5. The smallest absolute Gasteiger partial charge is 0.455 e. The van der Waals surface area contributed by atoms with Crippen LogP contribution in [0.25, 0.3) is 163 Å². The van der Waals surface area contributed by atoms with Crippen molar-refractivity contribution in [1.82, 2.24) is 0 Å². The van der Waals surface area contributed by atoms with Crippen LogP contribution in [0, 0.1) is 0 Å². The molecule has 2 heterocycles. The van der Waals surface area contributed by atoms with Gasteiger partial charge in [0.2, 0.25) is 0 Å². The highest BCUT2D eigenvalue weighted by Crippen LogP contribution is 2.46. The standard InChI is InChI=1S/C40H24O.C24H17BO2.C16H9BrO/c1-2-11-27-23-28(18-17-25(27)9-1)38-32-13-5-7-15-34(32)39(35-16-8-6-14-33(35)38)29-20-21-31-36-22-19-26-10-3-4-12-30(26)40(36)41-37(31)24-29;26-25(27)24-21-11-5-3-9-19(21)23(20-10-4-6-12-22(20)24)18-14-13-16-7-1-2-8-17(16)15-18;17-11-6-8-13-14-7-5-10-3-1-2-4-12(10)16(14)18-15(13)9-11/h1-24H;1-15,26-27H;1-9H. The molecule has 4 nitrogen and oxygen atoms in total. The fourth-order valence-corrected chi connectivity index (χ4v) is 13.7. The van der Waals surface area contributed by atoms with E-state index in [1.807, 2.05) is 72.8 Å². The van der Waals surface area contributed by atoms with Crippen LogP contribution in [0.4, 0.5) is 0 Å². The van der Waals surface area contributed by atoms with E-state index < -0.39 is 7.12 Å². The van der Waals surface area contributed by atoms with Crippen molar-refractivity contribution in [3.05, 3.63) is 296 Å². The third kappa shape index (κ3) is 8.68. The Kier molecular flexibility index (Phi) is 12.6. The molecule has 0 spiro atoms. The summed E-state index contributed by atoms with van der Waals surface area (Å²) < 4.78 is 13.6. The van der Waals surface area contributed by atoms with Crippen molar-refractivity contribution >= 4 is 159 Å². The lowest BCUT2D eigenvalue weighted by molar-refractivity contribution is 0.426. The Morgan fingerprint density at radius 3 is 0.977 bits per heavy atom. The van der Waals surface area contributed by atoms with Gasteiger partial charge < -0.3 is 18.9 Å². The van der Waals surface area contributed by atoms with Crippen LogP contribution in [0.1, 0.15) is 0 Å². The van der Waals surface area contributed by atoms with Gasteiger partial charge in [0, 0.05) is 36.8 Å². The molecule has 0 amide bonds. The van der Waals surface area contributed by atoms with Crippen molar-refractivity contribution in [3.63, 3.8) is 0 Å². The van der Waals surface area contributed by atoms with Crippen LogP contribution in [0.2, 0.25) is 0 Å². The summed E-state index contributed by atoms with van der Waals surface area (Å²) >= 11 is 3.48. The van der Waals surface area contributed by atoms with Gasteiger partial charge in [-0.2, -0.15) is 0 Å². The van der Waals surface area contributed by atoms with Gasteiger partial charge in [-0.05, 0) is 169 Å². The molecule has 0 fully saturated rings. The van der Waals surface area contributed by atoms with Crippen molar-refractivity contribution in [2.45, 2.75) is 0 Å². The maximum absolute atomic E-state index is 10.1. The Labute approximate surface area is 503 Å². The highest BCUT2D eigenvalue weighted by molar-refractivity contribution is 9.10. The van der Waals surface area contributed by atoms with Gasteiger partial charge in [0.05, 0.1) is 0 Å². The van der Waals surface area contributed by atoms with Crippen LogP contribution < -0.4 is 5.46 Å². The number of hydrogen-bond acceptors (Lipinski definition) is 4. The van der Waals surface area contributed by atoms with Gasteiger partial charge in [-0.3, -0.25) is 0 Å². The van der Waals surface area contributed by atoms with Crippen LogP contribution in [0.5, 0.6) is 0 Å². The summed E-state index contributed by atoms with van der Waals surface area (Å²) in [6, 6.07) is 102. The van der Waals surface area contributed by atoms with Gasteiger partial charge in [-0.25, -0.2) is 0 Å². The normalized spacial score (nSPS) is 11.7. The highest BCUT2D eigenvalue weighted by atomic mass is 79.9. The van der Waals surface area contributed by atoms with Gasteiger partial charge in [0.1, 0.15) is 22.3 Å². The second-order valence-electron chi connectivity index (χ2n) is 22.1. The Hall–Kier alpha value is -10.3. The first-order chi connectivity index (χ1) is 42.4. The summed E-state index contributed by atoms with van der Waals surface area (Å²) in [7, 11) is -1.52. The molecule has 6 heteroatoms. The van der Waals surface area contributed by atoms with Crippen molar-refractivity contribution in [2.75, 3.05) is 0 Å². The molecule has 0 aliphatic heterocycles. The molecule has 404 valence electrons. The van der Waals surface area contributed by atoms with Gasteiger partial charge in [-0.1, -0.05) is 253 Å². The molecule has 0 saturated carbocycles. The van der Waals surface area contributed by atoms with E-state index in [4.69, 9.17) is 8.83 Å². The molecule has 0 saturated heterocycles. The van der Waals surface area contributed by atoms with E-state index in [0.29, 0.717) is 5.46 Å². The lowest BCUT2D eigenvalue weighted by Crippen LogP contribution is -2.31. The molecule has 0 bridgehead atoms. The van der Waals surface area contributed by atoms with Crippen LogP contribution in [-0.4, -0.2) is 17.2 Å². The molecule has 16 aromatic carbocycles. The average molecular weight is 1170 g/mol. The maximum atomic E-state index is 10.1. The summed E-state index contributed by atoms with van der Waals surface area (Å²) in [6.07, 6.45) is 0. The molecule has 0 unspecified atom stereocenters. The molecule has 86 heavy (non-hydrogen) atoms. The molecule has 18 rings (SSSR count). The Balaban J connectivity index is 0.000000114. The average Bonchev–Trinajstić information content (AvgIpc) is 1.07. The van der Waals surface area contributed by atoms with Crippen LogP contribution >= 0.6 is 15.9 Å². The first-order valence-electron chi connectivity index (χ1n) is 29.0. The zero-order chi connectivity index (χ0) is 57.4. The number of rotatable bonds is 4. The van der Waals surface area contributed by atoms with Crippen LogP contribution in [0.3, 0.4) is 0 Å². The van der Waals surface area contributed by atoms with Gasteiger partial charge >= 0.3 is 7.12 Å². The van der Waals surface area contributed by atoms with Crippen molar-refractivity contribution in [2.24, 2.45) is 0 Å². The summed E-state index contributed by atoms with van der Waals surface area (Å²) in [6.45, 7) is 0. The van der Waals surface area contributed by atoms with E-state index in [1.165, 1.54) is 92.3 Å². The molecule has 2 N–H and O–H groups in total. The molecule has 0 aliphatic carbocycles. The minimum absolute atomic E-state index is 0.561. The second kappa shape index (κ2) is 21.1. The highest BCUT2D eigenvalue weighted by Gasteiger charge is 2.23. The lowest BCUT2D eigenvalue weighted by atomic mass is 9.72. The van der Waals surface area contributed by atoms with Crippen molar-refractivity contribution in [1.29, 1.82) is 0 Å². The predicted octanol–water partition coefficient (Wildman–Crippen LogP) is 21.5. The zero-order valence-electron chi connectivity index (χ0n) is 46.4. The van der Waals surface area contributed by atoms with Gasteiger partial charge in [0.25, 0.3) is 0 Å². The molecule has 0 atom stereocenters. The number of hydrogen-bond donors (Lipinski definition) is 2. The number of fused-ring (bicyclic) bond motifs is 16. The second-order valence-corrected chi connectivity index (χ2v) is 23.0. The monoisotopic (exact) mass is 1160 g/mol. The Bertz CT molecular complexity index is 5630. The van der Waals surface area contributed by atoms with Crippen LogP contribution in [-0.2, 0) is 0 Å². The Morgan fingerprint density at radius 2 is 0.547 bits per heavy atom. The summed E-state index contributed by atoms with van der Waals surface area (Å²) in [5, 5.41) is 43.2. The van der Waals surface area contributed by atoms with E-state index in [0.717, 1.165) is 75.6 Å². The number of benzene rings is 16. The summed E-state index contributed by atoms with van der Waals surface area (Å²) in [5.74, 6) is 0. The zero-order valence-corrected chi connectivity index (χ0v) is 48.0. The van der Waals surface area contributed by atoms with Crippen molar-refractivity contribution < 1.29 is 18.9 Å². The first-order valence-corrected chi connectivity index (χ1v) is 29.7. The lowest BCUT2D eigenvalue weighted by Gasteiger charge is -2.18.